The van der Waals surface area contributed by atoms with Crippen molar-refractivity contribution in [2.24, 2.45) is 0 Å². The summed E-state index contributed by atoms with van der Waals surface area (Å²) in [7, 11) is 0. The lowest BCUT2D eigenvalue weighted by atomic mass is 10.4. The molecule has 0 atom stereocenters. The van der Waals surface area contributed by atoms with Gasteiger partial charge in [-0.15, -0.1) is 0 Å². The third-order valence-electron chi connectivity index (χ3n) is 1.72. The van der Waals surface area contributed by atoms with Crippen molar-refractivity contribution in [1.82, 2.24) is 0 Å². The molecule has 84 valence electrons. The summed E-state index contributed by atoms with van der Waals surface area (Å²) in [6, 6.07) is 20.8. The van der Waals surface area contributed by atoms with Gasteiger partial charge >= 0.3 is 0 Å². The lowest BCUT2D eigenvalue weighted by Crippen LogP contribution is -1.70. The number of hydrogen-bond acceptors (Lipinski definition) is 2. The van der Waals surface area contributed by atoms with E-state index in [-0.39, 0.29) is 0 Å². The molecule has 0 N–H and O–H groups in total. The van der Waals surface area contributed by atoms with Gasteiger partial charge in [0.1, 0.15) is 0 Å². The Morgan fingerprint density at radius 2 is 0.938 bits per heavy atom. The smallest absolute Gasteiger partial charge is 0.0122 e. The van der Waals surface area contributed by atoms with Gasteiger partial charge in [0.25, 0.3) is 0 Å². The van der Waals surface area contributed by atoms with Crippen LogP contribution in [0.2, 0.25) is 0 Å². The van der Waals surface area contributed by atoms with Gasteiger partial charge in [-0.1, -0.05) is 48.2 Å². The fraction of sp³-hybridized carbons (Fsp3) is 0.143. The molecule has 0 amide bonds. The number of benzene rings is 2. The van der Waals surface area contributed by atoms with Gasteiger partial charge in [-0.3, -0.25) is 0 Å². The normalized spacial score (nSPS) is 9.12. The number of hydrogen-bond donors (Lipinski definition) is 0. The second kappa shape index (κ2) is 8.31. The highest BCUT2D eigenvalue weighted by Crippen LogP contribution is 2.26. The monoisotopic (exact) mass is 248 g/mol. The summed E-state index contributed by atoms with van der Waals surface area (Å²) in [6.45, 7) is 0. The zero-order chi connectivity index (χ0) is 11.6. The summed E-state index contributed by atoms with van der Waals surface area (Å²) in [6.07, 6.45) is 4.08. The van der Waals surface area contributed by atoms with Crippen LogP contribution in [0.3, 0.4) is 0 Å². The van der Waals surface area contributed by atoms with Gasteiger partial charge in [-0.25, -0.2) is 0 Å². The van der Waals surface area contributed by atoms with Crippen LogP contribution in [0.4, 0.5) is 0 Å². The van der Waals surface area contributed by atoms with E-state index >= 15 is 0 Å². The molecule has 0 saturated heterocycles. The highest BCUT2D eigenvalue weighted by Gasteiger charge is 1.93. The molecule has 0 bridgehead atoms. The van der Waals surface area contributed by atoms with Gasteiger partial charge in [0.15, 0.2) is 0 Å². The molecule has 16 heavy (non-hydrogen) atoms. The Kier molecular flexibility index (Phi) is 6.86. The predicted octanol–water partition coefficient (Wildman–Crippen LogP) is 4.82. The molecule has 0 spiro atoms. The summed E-state index contributed by atoms with van der Waals surface area (Å²) in [5.74, 6) is 0. The van der Waals surface area contributed by atoms with Crippen LogP contribution in [0.15, 0.2) is 70.5 Å². The first-order valence-electron chi connectivity index (χ1n) is 5.05. The van der Waals surface area contributed by atoms with Gasteiger partial charge in [0.2, 0.25) is 0 Å². The zero-order valence-electron chi connectivity index (χ0n) is 9.59. The average Bonchev–Trinajstić information content (AvgIpc) is 2.33. The minimum absolute atomic E-state index is 1.29. The van der Waals surface area contributed by atoms with E-state index in [2.05, 4.69) is 48.5 Å². The second-order valence-electron chi connectivity index (χ2n) is 3.14. The maximum atomic E-state index is 2.12. The Morgan fingerprint density at radius 1 is 0.625 bits per heavy atom. The minimum Gasteiger partial charge on any atom is -0.169 e. The molecule has 0 aliphatic rings. The van der Waals surface area contributed by atoms with Crippen LogP contribution in [-0.4, -0.2) is 12.5 Å². The number of thioether (sulfide) groups is 1. The van der Waals surface area contributed by atoms with E-state index in [0.29, 0.717) is 0 Å². The summed E-state index contributed by atoms with van der Waals surface area (Å²) >= 11 is 3.54. The fourth-order valence-electron chi connectivity index (χ4n) is 1.11. The Bertz CT molecular complexity index is 333. The van der Waals surface area contributed by atoms with Crippen LogP contribution < -0.4 is 0 Å². The number of rotatable bonds is 2. The summed E-state index contributed by atoms with van der Waals surface area (Å²) in [5.41, 5.74) is 0. The van der Waals surface area contributed by atoms with Crippen LogP contribution in [-0.2, 0) is 0 Å². The summed E-state index contributed by atoms with van der Waals surface area (Å²) < 4.78 is 0. The molecule has 0 radical (unpaired) electrons. The van der Waals surface area contributed by atoms with Crippen LogP contribution >= 0.6 is 23.5 Å². The van der Waals surface area contributed by atoms with Gasteiger partial charge in [0.05, 0.1) is 0 Å². The first-order chi connectivity index (χ1) is 7.86. The van der Waals surface area contributed by atoms with Crippen molar-refractivity contribution in [3.63, 3.8) is 0 Å². The maximum absolute atomic E-state index is 2.12. The molecule has 2 aromatic carbocycles. The van der Waals surface area contributed by atoms with Crippen LogP contribution in [0.5, 0.6) is 0 Å². The Labute approximate surface area is 106 Å². The third kappa shape index (κ3) is 5.29. The van der Waals surface area contributed by atoms with Crippen LogP contribution in [0, 0.1) is 0 Å². The van der Waals surface area contributed by atoms with Crippen LogP contribution in [0.1, 0.15) is 0 Å². The Balaban J connectivity index is 0.000000386. The van der Waals surface area contributed by atoms with E-state index < -0.39 is 0 Å². The fourth-order valence-corrected chi connectivity index (χ4v) is 1.97. The second-order valence-corrected chi connectivity index (χ2v) is 5.10. The zero-order valence-corrected chi connectivity index (χ0v) is 11.2. The molecule has 0 heterocycles. The predicted molar refractivity (Wildman–Crippen MR) is 76.4 cm³/mol. The van der Waals surface area contributed by atoms with Gasteiger partial charge < -0.3 is 0 Å². The van der Waals surface area contributed by atoms with E-state index in [1.54, 1.807) is 23.5 Å². The molecule has 0 fully saturated rings. The van der Waals surface area contributed by atoms with Crippen molar-refractivity contribution in [3.8, 4) is 0 Å². The Hall–Kier alpha value is -0.860. The Morgan fingerprint density at radius 3 is 1.25 bits per heavy atom. The lowest BCUT2D eigenvalue weighted by molar-refractivity contribution is 1.41. The van der Waals surface area contributed by atoms with Crippen LogP contribution in [0.25, 0.3) is 0 Å². The van der Waals surface area contributed by atoms with Gasteiger partial charge in [-0.2, -0.15) is 11.8 Å². The molecule has 0 unspecified atom stereocenters. The van der Waals surface area contributed by atoms with E-state index in [1.807, 2.05) is 24.6 Å². The molecule has 0 aliphatic heterocycles. The SMILES string of the molecule is CSC.c1ccc(Sc2ccccc2)cc1. The van der Waals surface area contributed by atoms with Crippen molar-refractivity contribution in [3.05, 3.63) is 60.7 Å². The third-order valence-corrected chi connectivity index (χ3v) is 2.74. The van der Waals surface area contributed by atoms with Crippen molar-refractivity contribution < 1.29 is 0 Å². The van der Waals surface area contributed by atoms with Crippen molar-refractivity contribution in [2.45, 2.75) is 9.79 Å². The van der Waals surface area contributed by atoms with E-state index in [4.69, 9.17) is 0 Å². The molecular formula is C14H16S2. The van der Waals surface area contributed by atoms with E-state index in [9.17, 15) is 0 Å². The van der Waals surface area contributed by atoms with E-state index in [0.717, 1.165) is 0 Å². The topological polar surface area (TPSA) is 0 Å². The molecule has 2 heteroatoms. The lowest BCUT2D eigenvalue weighted by Gasteiger charge is -1.99. The highest BCUT2D eigenvalue weighted by atomic mass is 32.2. The average molecular weight is 248 g/mol. The van der Waals surface area contributed by atoms with Gasteiger partial charge in [-0.05, 0) is 36.8 Å². The minimum atomic E-state index is 1.29. The molecule has 0 aromatic heterocycles. The molecular weight excluding hydrogens is 232 g/mol. The van der Waals surface area contributed by atoms with Crippen molar-refractivity contribution >= 4 is 23.5 Å². The molecule has 2 aromatic rings. The molecule has 0 aliphatic carbocycles. The molecule has 0 nitrogen and oxygen atoms in total. The molecule has 2 rings (SSSR count). The summed E-state index contributed by atoms with van der Waals surface area (Å²) in [4.78, 5) is 2.57. The first-order valence-corrected chi connectivity index (χ1v) is 7.50. The van der Waals surface area contributed by atoms with Crippen molar-refractivity contribution in [1.29, 1.82) is 0 Å². The standard InChI is InChI=1S/C12H10S.C2H6S/c1-3-7-11(8-4-1)13-12-9-5-2-6-10-12;1-3-2/h1-10H;1-2H3. The first kappa shape index (κ1) is 13.2. The molecule has 0 saturated carbocycles. The quantitative estimate of drug-likeness (QED) is 0.747. The highest BCUT2D eigenvalue weighted by molar-refractivity contribution is 7.99. The summed E-state index contributed by atoms with van der Waals surface area (Å²) in [5, 5.41) is 0. The van der Waals surface area contributed by atoms with Crippen molar-refractivity contribution in [2.75, 3.05) is 12.5 Å². The maximum Gasteiger partial charge on any atom is 0.0122 e. The van der Waals surface area contributed by atoms with Gasteiger partial charge in [0, 0.05) is 9.79 Å². The largest absolute Gasteiger partial charge is 0.169 e. The van der Waals surface area contributed by atoms with E-state index in [1.165, 1.54) is 9.79 Å².